The SMILES string of the molecule is CCCNCc1ccc(N2CCCCC2CO)c(C#N)c1. The molecular formula is C17H25N3O. The van der Waals surface area contributed by atoms with Crippen molar-refractivity contribution in [1.82, 2.24) is 5.32 Å². The molecule has 1 aliphatic heterocycles. The third-order valence-electron chi connectivity index (χ3n) is 4.08. The van der Waals surface area contributed by atoms with Crippen LogP contribution in [0.1, 0.15) is 43.7 Å². The van der Waals surface area contributed by atoms with Crippen LogP contribution in [0, 0.1) is 11.3 Å². The molecule has 0 bridgehead atoms. The predicted molar refractivity (Wildman–Crippen MR) is 85.2 cm³/mol. The Bertz CT molecular complexity index is 495. The number of anilines is 1. The number of piperidine rings is 1. The van der Waals surface area contributed by atoms with Gasteiger partial charge in [-0.2, -0.15) is 5.26 Å². The molecule has 1 aromatic carbocycles. The van der Waals surface area contributed by atoms with Crippen LogP contribution in [0.2, 0.25) is 0 Å². The van der Waals surface area contributed by atoms with Crippen molar-refractivity contribution >= 4 is 5.69 Å². The van der Waals surface area contributed by atoms with Crippen LogP contribution in [0.4, 0.5) is 5.69 Å². The summed E-state index contributed by atoms with van der Waals surface area (Å²) in [6.45, 7) is 5.01. The predicted octanol–water partition coefficient (Wildman–Crippen LogP) is 2.41. The lowest BCUT2D eigenvalue weighted by atomic mass is 9.99. The molecule has 0 spiro atoms. The van der Waals surface area contributed by atoms with E-state index in [0.29, 0.717) is 5.56 Å². The first-order chi connectivity index (χ1) is 10.3. The molecule has 0 aliphatic carbocycles. The summed E-state index contributed by atoms with van der Waals surface area (Å²) in [4.78, 5) is 2.20. The summed E-state index contributed by atoms with van der Waals surface area (Å²) in [6.07, 6.45) is 4.39. The molecule has 0 aromatic heterocycles. The average Bonchev–Trinajstić information content (AvgIpc) is 2.55. The Morgan fingerprint density at radius 2 is 2.29 bits per heavy atom. The molecule has 2 rings (SSSR count). The van der Waals surface area contributed by atoms with Gasteiger partial charge in [-0.05, 0) is 49.9 Å². The van der Waals surface area contributed by atoms with Crippen LogP contribution < -0.4 is 10.2 Å². The second kappa shape index (κ2) is 8.02. The van der Waals surface area contributed by atoms with Crippen molar-refractivity contribution in [2.75, 3.05) is 24.6 Å². The molecule has 2 N–H and O–H groups in total. The number of nitriles is 1. The highest BCUT2D eigenvalue weighted by atomic mass is 16.3. The van der Waals surface area contributed by atoms with Gasteiger partial charge in [-0.3, -0.25) is 0 Å². The molecule has 1 fully saturated rings. The summed E-state index contributed by atoms with van der Waals surface area (Å²) in [5.41, 5.74) is 2.82. The van der Waals surface area contributed by atoms with Gasteiger partial charge in [-0.15, -0.1) is 0 Å². The highest BCUT2D eigenvalue weighted by Crippen LogP contribution is 2.28. The van der Waals surface area contributed by atoms with Crippen LogP contribution in [0.3, 0.4) is 0 Å². The van der Waals surface area contributed by atoms with Gasteiger partial charge in [0.25, 0.3) is 0 Å². The fourth-order valence-corrected chi connectivity index (χ4v) is 2.95. The van der Waals surface area contributed by atoms with Gasteiger partial charge >= 0.3 is 0 Å². The van der Waals surface area contributed by atoms with Gasteiger partial charge in [-0.25, -0.2) is 0 Å². The van der Waals surface area contributed by atoms with Crippen LogP contribution in [0.25, 0.3) is 0 Å². The van der Waals surface area contributed by atoms with Crippen molar-refractivity contribution in [2.24, 2.45) is 0 Å². The lowest BCUT2D eigenvalue weighted by Gasteiger charge is -2.37. The van der Waals surface area contributed by atoms with Gasteiger partial charge < -0.3 is 15.3 Å². The quantitative estimate of drug-likeness (QED) is 0.789. The molecule has 4 heteroatoms. The number of hydrogen-bond donors (Lipinski definition) is 2. The Labute approximate surface area is 127 Å². The second-order valence-corrected chi connectivity index (χ2v) is 5.67. The second-order valence-electron chi connectivity index (χ2n) is 5.67. The van der Waals surface area contributed by atoms with Crippen LogP contribution in [0.5, 0.6) is 0 Å². The molecule has 1 aliphatic rings. The van der Waals surface area contributed by atoms with Crippen molar-refractivity contribution in [1.29, 1.82) is 5.26 Å². The summed E-state index contributed by atoms with van der Waals surface area (Å²) < 4.78 is 0. The largest absolute Gasteiger partial charge is 0.394 e. The van der Waals surface area contributed by atoms with Crippen molar-refractivity contribution < 1.29 is 5.11 Å². The zero-order valence-electron chi connectivity index (χ0n) is 12.8. The maximum atomic E-state index is 9.55. The van der Waals surface area contributed by atoms with E-state index in [1.807, 2.05) is 12.1 Å². The van der Waals surface area contributed by atoms with E-state index < -0.39 is 0 Å². The van der Waals surface area contributed by atoms with Gasteiger partial charge in [0.2, 0.25) is 0 Å². The van der Waals surface area contributed by atoms with Crippen LogP contribution in [-0.4, -0.2) is 30.8 Å². The van der Waals surface area contributed by atoms with Crippen LogP contribution >= 0.6 is 0 Å². The lowest BCUT2D eigenvalue weighted by molar-refractivity contribution is 0.240. The number of nitrogens with one attached hydrogen (secondary N) is 1. The fourth-order valence-electron chi connectivity index (χ4n) is 2.95. The van der Waals surface area contributed by atoms with E-state index in [-0.39, 0.29) is 12.6 Å². The van der Waals surface area contributed by atoms with E-state index in [0.717, 1.165) is 56.6 Å². The Balaban J connectivity index is 2.17. The van der Waals surface area contributed by atoms with E-state index in [2.05, 4.69) is 29.3 Å². The zero-order valence-corrected chi connectivity index (χ0v) is 12.8. The molecule has 1 aromatic rings. The maximum absolute atomic E-state index is 9.55. The van der Waals surface area contributed by atoms with Crippen molar-refractivity contribution in [3.05, 3.63) is 29.3 Å². The number of aliphatic hydroxyl groups is 1. The molecule has 1 saturated heterocycles. The van der Waals surface area contributed by atoms with E-state index in [1.165, 1.54) is 0 Å². The van der Waals surface area contributed by atoms with Gasteiger partial charge in [0, 0.05) is 13.1 Å². The van der Waals surface area contributed by atoms with Gasteiger partial charge in [0.15, 0.2) is 0 Å². The summed E-state index contributed by atoms with van der Waals surface area (Å²) in [5, 5.41) is 22.4. The number of aliphatic hydroxyl groups excluding tert-OH is 1. The minimum absolute atomic E-state index is 0.148. The number of benzene rings is 1. The van der Waals surface area contributed by atoms with E-state index in [1.54, 1.807) is 0 Å². The molecule has 21 heavy (non-hydrogen) atoms. The molecule has 0 saturated carbocycles. The first-order valence-corrected chi connectivity index (χ1v) is 7.91. The third kappa shape index (κ3) is 3.96. The van der Waals surface area contributed by atoms with E-state index >= 15 is 0 Å². The monoisotopic (exact) mass is 287 g/mol. The molecule has 4 nitrogen and oxygen atoms in total. The van der Waals surface area contributed by atoms with Gasteiger partial charge in [-0.1, -0.05) is 13.0 Å². The summed E-state index contributed by atoms with van der Waals surface area (Å²) in [5.74, 6) is 0. The van der Waals surface area contributed by atoms with Crippen molar-refractivity contribution in [2.45, 2.75) is 45.2 Å². The molecule has 114 valence electrons. The molecule has 0 radical (unpaired) electrons. The Hall–Kier alpha value is -1.57. The van der Waals surface area contributed by atoms with Crippen molar-refractivity contribution in [3.63, 3.8) is 0 Å². The normalized spacial score (nSPS) is 18.5. The van der Waals surface area contributed by atoms with E-state index in [4.69, 9.17) is 0 Å². The standard InChI is InChI=1S/C17H25N3O/c1-2-8-19-12-14-6-7-17(15(10-14)11-18)20-9-4-3-5-16(20)13-21/h6-7,10,16,19,21H,2-5,8-9,12-13H2,1H3. The first kappa shape index (κ1) is 15.8. The molecule has 1 atom stereocenters. The fraction of sp³-hybridized carbons (Fsp3) is 0.588. The van der Waals surface area contributed by atoms with Crippen LogP contribution in [0.15, 0.2) is 18.2 Å². The van der Waals surface area contributed by atoms with Crippen molar-refractivity contribution in [3.8, 4) is 6.07 Å². The Morgan fingerprint density at radius 1 is 1.43 bits per heavy atom. The lowest BCUT2D eigenvalue weighted by Crippen LogP contribution is -2.42. The highest BCUT2D eigenvalue weighted by molar-refractivity contribution is 5.61. The minimum Gasteiger partial charge on any atom is -0.394 e. The zero-order chi connectivity index (χ0) is 15.1. The summed E-state index contributed by atoms with van der Waals surface area (Å²) in [6, 6.07) is 8.56. The number of nitrogens with zero attached hydrogens (tertiary/aromatic N) is 2. The topological polar surface area (TPSA) is 59.3 Å². The molecule has 1 heterocycles. The third-order valence-corrected chi connectivity index (χ3v) is 4.08. The molecule has 0 amide bonds. The first-order valence-electron chi connectivity index (χ1n) is 7.91. The summed E-state index contributed by atoms with van der Waals surface area (Å²) >= 11 is 0. The van der Waals surface area contributed by atoms with Gasteiger partial charge in [0.1, 0.15) is 6.07 Å². The van der Waals surface area contributed by atoms with Crippen LogP contribution in [-0.2, 0) is 6.54 Å². The molecular weight excluding hydrogens is 262 g/mol. The Kier molecular flexibility index (Phi) is 6.04. The van der Waals surface area contributed by atoms with E-state index in [9.17, 15) is 10.4 Å². The average molecular weight is 287 g/mol. The molecule has 1 unspecified atom stereocenters. The van der Waals surface area contributed by atoms with Gasteiger partial charge in [0.05, 0.1) is 23.9 Å². The minimum atomic E-state index is 0.148. The highest BCUT2D eigenvalue weighted by Gasteiger charge is 2.23. The number of hydrogen-bond acceptors (Lipinski definition) is 4. The summed E-state index contributed by atoms with van der Waals surface area (Å²) in [7, 11) is 0. The smallest absolute Gasteiger partial charge is 0.101 e. The Morgan fingerprint density at radius 3 is 3.00 bits per heavy atom. The number of rotatable bonds is 6. The maximum Gasteiger partial charge on any atom is 0.101 e.